The third kappa shape index (κ3) is 3.06. The molecule has 0 aliphatic carbocycles. The van der Waals surface area contributed by atoms with E-state index in [9.17, 15) is 23.9 Å². The molecule has 1 saturated heterocycles. The number of hydrogen-bond acceptors (Lipinski definition) is 4. The number of aliphatic hydroxyl groups is 1. The van der Waals surface area contributed by atoms with E-state index in [2.05, 4.69) is 0 Å². The number of benzene rings is 2. The van der Waals surface area contributed by atoms with Crippen molar-refractivity contribution < 1.29 is 29.0 Å². The zero-order chi connectivity index (χ0) is 18.8. The van der Waals surface area contributed by atoms with Gasteiger partial charge in [-0.05, 0) is 17.7 Å². The van der Waals surface area contributed by atoms with Crippen LogP contribution in [-0.2, 0) is 14.4 Å². The highest BCUT2D eigenvalue weighted by Gasteiger charge is 2.46. The number of halogens is 1. The molecule has 0 spiro atoms. The number of likely N-dealkylation sites (tertiary alicyclic amines) is 1. The van der Waals surface area contributed by atoms with Crippen molar-refractivity contribution in [3.05, 3.63) is 77.1 Å². The minimum absolute atomic E-state index is 0.228. The quantitative estimate of drug-likeness (QED) is 0.499. The van der Waals surface area contributed by atoms with Gasteiger partial charge in [0.05, 0.1) is 11.6 Å². The first-order valence-electron chi connectivity index (χ1n) is 7.71. The first-order chi connectivity index (χ1) is 12.4. The van der Waals surface area contributed by atoms with Gasteiger partial charge in [0.1, 0.15) is 18.1 Å². The average Bonchev–Trinajstić information content (AvgIpc) is 2.87. The standard InChI is InChI=1S/C19H14FNO5/c20-13-8-6-11(7-9-13)16-15(17(24)12-4-2-1-3-5-12)18(25)19(26)21(16)10-14(22)23/h1-9,16,24H,10H2,(H,22,23)/b17-15-. The van der Waals surface area contributed by atoms with Crippen molar-refractivity contribution in [3.63, 3.8) is 0 Å². The van der Waals surface area contributed by atoms with Crippen LogP contribution in [0.1, 0.15) is 17.2 Å². The number of nitrogens with zero attached hydrogens (tertiary/aromatic N) is 1. The van der Waals surface area contributed by atoms with E-state index in [1.54, 1.807) is 30.3 Å². The molecule has 3 rings (SSSR count). The summed E-state index contributed by atoms with van der Waals surface area (Å²) in [6, 6.07) is 12.0. The predicted octanol–water partition coefficient (Wildman–Crippen LogP) is 2.33. The van der Waals surface area contributed by atoms with Gasteiger partial charge in [0, 0.05) is 5.56 Å². The largest absolute Gasteiger partial charge is 0.507 e. The number of amides is 1. The topological polar surface area (TPSA) is 94.9 Å². The summed E-state index contributed by atoms with van der Waals surface area (Å²) in [4.78, 5) is 36.8. The molecule has 0 radical (unpaired) electrons. The highest BCUT2D eigenvalue weighted by atomic mass is 19.1. The molecule has 1 fully saturated rings. The van der Waals surface area contributed by atoms with Crippen molar-refractivity contribution in [1.82, 2.24) is 4.90 Å². The molecule has 2 aromatic rings. The molecule has 2 aromatic carbocycles. The molecule has 7 heteroatoms. The Balaban J connectivity index is 2.19. The number of hydrogen-bond donors (Lipinski definition) is 2. The molecule has 132 valence electrons. The van der Waals surface area contributed by atoms with Crippen molar-refractivity contribution in [2.45, 2.75) is 6.04 Å². The third-order valence-corrected chi connectivity index (χ3v) is 4.08. The Morgan fingerprint density at radius 3 is 2.19 bits per heavy atom. The van der Waals surface area contributed by atoms with Crippen LogP contribution in [0.4, 0.5) is 4.39 Å². The van der Waals surface area contributed by atoms with Gasteiger partial charge in [-0.25, -0.2) is 4.39 Å². The van der Waals surface area contributed by atoms with E-state index in [0.717, 1.165) is 17.0 Å². The number of carboxylic acid groups (broad SMARTS) is 1. The van der Waals surface area contributed by atoms with Crippen molar-refractivity contribution in [1.29, 1.82) is 0 Å². The molecule has 1 aliphatic rings. The van der Waals surface area contributed by atoms with Gasteiger partial charge in [0.25, 0.3) is 11.7 Å². The SMILES string of the molecule is O=C(O)CN1C(=O)C(=O)/C(=C(\O)c2ccccc2)C1c1ccc(F)cc1. The summed E-state index contributed by atoms with van der Waals surface area (Å²) in [5.41, 5.74) is 0.409. The Labute approximate surface area is 147 Å². The number of aliphatic carboxylic acids is 1. The van der Waals surface area contributed by atoms with Crippen molar-refractivity contribution in [2.75, 3.05) is 6.54 Å². The Morgan fingerprint density at radius 2 is 1.62 bits per heavy atom. The number of carboxylic acids is 1. The van der Waals surface area contributed by atoms with Gasteiger partial charge in [-0.3, -0.25) is 14.4 Å². The summed E-state index contributed by atoms with van der Waals surface area (Å²) in [5.74, 6) is -4.25. The summed E-state index contributed by atoms with van der Waals surface area (Å²) in [6.07, 6.45) is 0. The summed E-state index contributed by atoms with van der Waals surface area (Å²) < 4.78 is 13.3. The van der Waals surface area contributed by atoms with E-state index >= 15 is 0 Å². The van der Waals surface area contributed by atoms with Crippen molar-refractivity contribution >= 4 is 23.4 Å². The van der Waals surface area contributed by atoms with Crippen LogP contribution in [0.5, 0.6) is 0 Å². The van der Waals surface area contributed by atoms with Crippen LogP contribution in [0.3, 0.4) is 0 Å². The van der Waals surface area contributed by atoms with E-state index in [1.165, 1.54) is 12.1 Å². The fourth-order valence-corrected chi connectivity index (χ4v) is 2.93. The van der Waals surface area contributed by atoms with E-state index in [-0.39, 0.29) is 5.57 Å². The fourth-order valence-electron chi connectivity index (χ4n) is 2.93. The maximum Gasteiger partial charge on any atom is 0.323 e. The second-order valence-corrected chi connectivity index (χ2v) is 5.74. The average molecular weight is 355 g/mol. The van der Waals surface area contributed by atoms with E-state index in [4.69, 9.17) is 5.11 Å². The molecule has 1 amide bonds. The zero-order valence-electron chi connectivity index (χ0n) is 13.4. The Hall–Kier alpha value is -3.48. The first-order valence-corrected chi connectivity index (χ1v) is 7.71. The number of rotatable bonds is 4. The van der Waals surface area contributed by atoms with Crippen LogP contribution in [-0.4, -0.2) is 39.3 Å². The van der Waals surface area contributed by atoms with Crippen molar-refractivity contribution in [2.24, 2.45) is 0 Å². The lowest BCUT2D eigenvalue weighted by Gasteiger charge is -2.23. The molecule has 1 unspecified atom stereocenters. The van der Waals surface area contributed by atoms with Gasteiger partial charge < -0.3 is 15.1 Å². The molecular weight excluding hydrogens is 341 g/mol. The summed E-state index contributed by atoms with van der Waals surface area (Å²) >= 11 is 0. The molecule has 26 heavy (non-hydrogen) atoms. The first kappa shape index (κ1) is 17.3. The molecule has 0 bridgehead atoms. The van der Waals surface area contributed by atoms with Gasteiger partial charge >= 0.3 is 5.97 Å². The number of carbonyl (C=O) groups excluding carboxylic acids is 2. The smallest absolute Gasteiger partial charge is 0.323 e. The molecule has 0 aromatic heterocycles. The minimum atomic E-state index is -1.31. The Kier molecular flexibility index (Phi) is 4.53. The lowest BCUT2D eigenvalue weighted by Crippen LogP contribution is -2.34. The van der Waals surface area contributed by atoms with Gasteiger partial charge in [-0.15, -0.1) is 0 Å². The molecule has 6 nitrogen and oxygen atoms in total. The zero-order valence-corrected chi connectivity index (χ0v) is 13.4. The van der Waals surface area contributed by atoms with Crippen LogP contribution in [0.2, 0.25) is 0 Å². The van der Waals surface area contributed by atoms with E-state index < -0.39 is 41.8 Å². The molecule has 0 saturated carbocycles. The molecular formula is C19H14FNO5. The maximum absolute atomic E-state index is 13.3. The summed E-state index contributed by atoms with van der Waals surface area (Å²) in [5, 5.41) is 19.7. The number of Topliss-reactive ketones (excluding diaryl/α,β-unsaturated/α-hetero) is 1. The van der Waals surface area contributed by atoms with Gasteiger partial charge in [0.15, 0.2) is 0 Å². The summed E-state index contributed by atoms with van der Waals surface area (Å²) in [6.45, 7) is -0.724. The second kappa shape index (κ2) is 6.79. The van der Waals surface area contributed by atoms with E-state index in [0.29, 0.717) is 11.1 Å². The van der Waals surface area contributed by atoms with Crippen LogP contribution < -0.4 is 0 Å². The molecule has 1 atom stereocenters. The number of aliphatic hydroxyl groups excluding tert-OH is 1. The highest BCUT2D eigenvalue weighted by molar-refractivity contribution is 6.46. The number of carbonyl (C=O) groups is 3. The van der Waals surface area contributed by atoms with Gasteiger partial charge in [-0.1, -0.05) is 42.5 Å². The van der Waals surface area contributed by atoms with Crippen LogP contribution >= 0.6 is 0 Å². The van der Waals surface area contributed by atoms with Crippen LogP contribution in [0.15, 0.2) is 60.2 Å². The van der Waals surface area contributed by atoms with Crippen LogP contribution in [0.25, 0.3) is 5.76 Å². The Bertz CT molecular complexity index is 905. The Morgan fingerprint density at radius 1 is 1.00 bits per heavy atom. The van der Waals surface area contributed by atoms with Gasteiger partial charge in [-0.2, -0.15) is 0 Å². The maximum atomic E-state index is 13.3. The number of ketones is 1. The monoisotopic (exact) mass is 355 g/mol. The summed E-state index contributed by atoms with van der Waals surface area (Å²) in [7, 11) is 0. The lowest BCUT2D eigenvalue weighted by atomic mass is 9.95. The van der Waals surface area contributed by atoms with Crippen molar-refractivity contribution in [3.8, 4) is 0 Å². The molecule has 1 aliphatic heterocycles. The highest BCUT2D eigenvalue weighted by Crippen LogP contribution is 2.39. The van der Waals surface area contributed by atoms with Gasteiger partial charge in [0.2, 0.25) is 0 Å². The second-order valence-electron chi connectivity index (χ2n) is 5.74. The lowest BCUT2D eigenvalue weighted by molar-refractivity contribution is -0.146. The third-order valence-electron chi connectivity index (χ3n) is 4.08. The van der Waals surface area contributed by atoms with E-state index in [1.807, 2.05) is 0 Å². The fraction of sp³-hybridized carbons (Fsp3) is 0.105. The predicted molar refractivity (Wildman–Crippen MR) is 89.5 cm³/mol. The minimum Gasteiger partial charge on any atom is -0.507 e. The molecule has 1 heterocycles. The normalized spacial score (nSPS) is 19.0. The molecule has 2 N–H and O–H groups in total. The van der Waals surface area contributed by atoms with Crippen LogP contribution in [0, 0.1) is 5.82 Å².